The first kappa shape index (κ1) is 20.4. The number of hydrogen-bond donors (Lipinski definition) is 2. The minimum Gasteiger partial charge on any atom is -0.548 e. The van der Waals surface area contributed by atoms with Gasteiger partial charge in [0.05, 0.1) is 33.3 Å². The fraction of sp³-hybridized carbons (Fsp3) is 0.529. The minimum atomic E-state index is -1.31. The molecular weight excluding hydrogens is 328 g/mol. The summed E-state index contributed by atoms with van der Waals surface area (Å²) in [5, 5.41) is 16.2. The minimum absolute atomic E-state index is 0.156. The van der Waals surface area contributed by atoms with Crippen LogP contribution < -0.4 is 30.0 Å². The molecule has 8 nitrogen and oxygen atoms in total. The van der Waals surface area contributed by atoms with Crippen LogP contribution in [0.4, 0.5) is 4.79 Å². The van der Waals surface area contributed by atoms with Gasteiger partial charge in [-0.1, -0.05) is 20.3 Å². The van der Waals surface area contributed by atoms with Crippen LogP contribution in [0.3, 0.4) is 0 Å². The summed E-state index contributed by atoms with van der Waals surface area (Å²) in [4.78, 5) is 23.1. The molecule has 25 heavy (non-hydrogen) atoms. The molecule has 0 fully saturated rings. The van der Waals surface area contributed by atoms with Crippen molar-refractivity contribution in [3.05, 3.63) is 17.7 Å². The van der Waals surface area contributed by atoms with Crippen LogP contribution in [0.25, 0.3) is 0 Å². The molecule has 8 heteroatoms. The zero-order chi connectivity index (χ0) is 19.0. The predicted molar refractivity (Wildman–Crippen MR) is 89.7 cm³/mol. The lowest BCUT2D eigenvalue weighted by atomic mass is 9.99. The number of carboxylic acids is 1. The summed E-state index contributed by atoms with van der Waals surface area (Å²) in [5.74, 6) is -0.168. The van der Waals surface area contributed by atoms with Gasteiger partial charge in [-0.2, -0.15) is 0 Å². The topological polar surface area (TPSA) is 109 Å². The Kier molecular flexibility index (Phi) is 7.84. The molecule has 1 aromatic rings. The standard InChI is InChI=1S/C17H26N2O6/c1-6-10(2)14(16(20)21)19-17(22)18-9-11-7-12(23-3)15(25-5)13(8-11)24-4/h7-8,10,14H,6,9H2,1-5H3,(H,20,21)(H2,18,19,22)/p-1/t10-,14+/m1/s1. The quantitative estimate of drug-likeness (QED) is 0.676. The van der Waals surface area contributed by atoms with Crippen molar-refractivity contribution in [2.75, 3.05) is 21.3 Å². The fourth-order valence-corrected chi connectivity index (χ4v) is 2.28. The van der Waals surface area contributed by atoms with E-state index in [1.54, 1.807) is 19.1 Å². The second-order valence-electron chi connectivity index (χ2n) is 5.54. The van der Waals surface area contributed by atoms with Crippen molar-refractivity contribution >= 4 is 12.0 Å². The Hall–Kier alpha value is -2.64. The number of carboxylic acid groups (broad SMARTS) is 1. The number of carbonyl (C=O) groups excluding carboxylic acids is 2. The van der Waals surface area contributed by atoms with Crippen molar-refractivity contribution in [2.45, 2.75) is 32.9 Å². The number of hydrogen-bond acceptors (Lipinski definition) is 6. The van der Waals surface area contributed by atoms with Crippen molar-refractivity contribution in [2.24, 2.45) is 5.92 Å². The Balaban J connectivity index is 2.80. The lowest BCUT2D eigenvalue weighted by Crippen LogP contribution is -2.53. The van der Waals surface area contributed by atoms with E-state index in [9.17, 15) is 14.7 Å². The van der Waals surface area contributed by atoms with E-state index in [1.165, 1.54) is 21.3 Å². The van der Waals surface area contributed by atoms with Gasteiger partial charge in [0.15, 0.2) is 11.5 Å². The number of urea groups is 1. The van der Waals surface area contributed by atoms with Crippen LogP contribution in [0.5, 0.6) is 17.2 Å². The Morgan fingerprint density at radius 2 is 1.68 bits per heavy atom. The first-order valence-corrected chi connectivity index (χ1v) is 7.91. The largest absolute Gasteiger partial charge is 0.548 e. The molecule has 2 N–H and O–H groups in total. The third-order valence-electron chi connectivity index (χ3n) is 3.93. The zero-order valence-electron chi connectivity index (χ0n) is 15.2. The van der Waals surface area contributed by atoms with E-state index in [4.69, 9.17) is 14.2 Å². The molecule has 1 aromatic carbocycles. The molecule has 0 aliphatic carbocycles. The first-order valence-electron chi connectivity index (χ1n) is 7.91. The van der Waals surface area contributed by atoms with Crippen LogP contribution in [0.1, 0.15) is 25.8 Å². The molecule has 140 valence electrons. The second kappa shape index (κ2) is 9.61. The van der Waals surface area contributed by atoms with E-state index < -0.39 is 18.0 Å². The molecule has 1 rings (SSSR count). The maximum absolute atomic E-state index is 12.0. The molecule has 0 radical (unpaired) electrons. The van der Waals surface area contributed by atoms with Crippen molar-refractivity contribution in [3.8, 4) is 17.2 Å². The van der Waals surface area contributed by atoms with Gasteiger partial charge < -0.3 is 34.7 Å². The van der Waals surface area contributed by atoms with E-state index in [1.807, 2.05) is 6.92 Å². The van der Waals surface area contributed by atoms with Crippen LogP contribution in [-0.2, 0) is 11.3 Å². The number of ether oxygens (including phenoxy) is 3. The SMILES string of the molecule is CC[C@@H](C)[C@H](NC(=O)NCc1cc(OC)c(OC)c(OC)c1)C(=O)[O-]. The average Bonchev–Trinajstić information content (AvgIpc) is 2.62. The average molecular weight is 353 g/mol. The molecule has 0 unspecified atom stereocenters. The normalized spacial score (nSPS) is 12.7. The van der Waals surface area contributed by atoms with E-state index in [0.29, 0.717) is 29.2 Å². The molecule has 0 aliphatic heterocycles. The number of methoxy groups -OCH3 is 3. The number of nitrogens with one attached hydrogen (secondary N) is 2. The zero-order valence-corrected chi connectivity index (χ0v) is 15.2. The lowest BCUT2D eigenvalue weighted by molar-refractivity contribution is -0.309. The lowest BCUT2D eigenvalue weighted by Gasteiger charge is -2.25. The Bertz CT molecular complexity index is 580. The highest BCUT2D eigenvalue weighted by atomic mass is 16.5. The summed E-state index contributed by atoms with van der Waals surface area (Å²) >= 11 is 0. The Morgan fingerprint density at radius 1 is 1.12 bits per heavy atom. The smallest absolute Gasteiger partial charge is 0.315 e. The first-order chi connectivity index (χ1) is 11.9. The molecule has 0 saturated heterocycles. The molecule has 0 saturated carbocycles. The van der Waals surface area contributed by atoms with Gasteiger partial charge in [-0.05, 0) is 23.6 Å². The van der Waals surface area contributed by atoms with Crippen LogP contribution in [-0.4, -0.2) is 39.4 Å². The van der Waals surface area contributed by atoms with Crippen LogP contribution >= 0.6 is 0 Å². The summed E-state index contributed by atoms with van der Waals surface area (Å²) in [6.07, 6.45) is 0.603. The van der Waals surface area contributed by atoms with Gasteiger partial charge in [0.25, 0.3) is 0 Å². The van der Waals surface area contributed by atoms with Crippen molar-refractivity contribution in [1.29, 1.82) is 0 Å². The molecule has 0 aromatic heterocycles. The van der Waals surface area contributed by atoms with E-state index >= 15 is 0 Å². The Morgan fingerprint density at radius 3 is 2.08 bits per heavy atom. The maximum Gasteiger partial charge on any atom is 0.315 e. The molecule has 2 amide bonds. The van der Waals surface area contributed by atoms with Crippen molar-refractivity contribution in [3.63, 3.8) is 0 Å². The van der Waals surface area contributed by atoms with Crippen LogP contribution in [0.15, 0.2) is 12.1 Å². The van der Waals surface area contributed by atoms with Crippen molar-refractivity contribution < 1.29 is 28.9 Å². The summed E-state index contributed by atoms with van der Waals surface area (Å²) in [5.41, 5.74) is 0.707. The predicted octanol–water partition coefficient (Wildman–Crippen LogP) is 0.676. The van der Waals surface area contributed by atoms with Gasteiger partial charge in [-0.3, -0.25) is 0 Å². The van der Waals surface area contributed by atoms with E-state index in [0.717, 1.165) is 0 Å². The summed E-state index contributed by atoms with van der Waals surface area (Å²) in [7, 11) is 4.50. The second-order valence-corrected chi connectivity index (χ2v) is 5.54. The van der Waals surface area contributed by atoms with Crippen molar-refractivity contribution in [1.82, 2.24) is 10.6 Å². The highest BCUT2D eigenvalue weighted by Crippen LogP contribution is 2.38. The molecule has 2 atom stereocenters. The van der Waals surface area contributed by atoms with E-state index in [-0.39, 0.29) is 12.5 Å². The van der Waals surface area contributed by atoms with Crippen LogP contribution in [0.2, 0.25) is 0 Å². The highest BCUT2D eigenvalue weighted by molar-refractivity contribution is 5.81. The summed E-state index contributed by atoms with van der Waals surface area (Å²) < 4.78 is 15.7. The van der Waals surface area contributed by atoms with Crippen LogP contribution in [0, 0.1) is 5.92 Å². The van der Waals surface area contributed by atoms with Gasteiger partial charge in [0.1, 0.15) is 0 Å². The molecule has 0 spiro atoms. The van der Waals surface area contributed by atoms with Gasteiger partial charge in [-0.15, -0.1) is 0 Å². The fourth-order valence-electron chi connectivity index (χ4n) is 2.28. The molecule has 0 bridgehead atoms. The van der Waals surface area contributed by atoms with Gasteiger partial charge in [0.2, 0.25) is 5.75 Å². The third kappa shape index (κ3) is 5.44. The third-order valence-corrected chi connectivity index (χ3v) is 3.93. The maximum atomic E-state index is 12.0. The molecular formula is C17H25N2O6-. The van der Waals surface area contributed by atoms with Gasteiger partial charge in [-0.25, -0.2) is 4.79 Å². The van der Waals surface area contributed by atoms with Gasteiger partial charge in [0, 0.05) is 6.54 Å². The van der Waals surface area contributed by atoms with E-state index in [2.05, 4.69) is 10.6 Å². The summed E-state index contributed by atoms with van der Waals surface area (Å²) in [6, 6.07) is 1.76. The number of rotatable bonds is 9. The van der Waals surface area contributed by atoms with Gasteiger partial charge >= 0.3 is 6.03 Å². The Labute approximate surface area is 147 Å². The highest BCUT2D eigenvalue weighted by Gasteiger charge is 2.19. The monoisotopic (exact) mass is 353 g/mol. The number of amides is 2. The molecule has 0 aliphatic rings. The summed E-state index contributed by atoms with van der Waals surface area (Å²) in [6.45, 7) is 3.73. The molecule has 0 heterocycles. The number of carbonyl (C=O) groups is 2. The number of aliphatic carboxylic acids is 1. The number of benzene rings is 1.